The fourth-order valence-corrected chi connectivity index (χ4v) is 3.62. The fourth-order valence-electron chi connectivity index (χ4n) is 3.62. The van der Waals surface area contributed by atoms with Gasteiger partial charge in [-0.2, -0.15) is 0 Å². The number of nitrogens with zero attached hydrogens (tertiary/aromatic N) is 4. The molecule has 24 heavy (non-hydrogen) atoms. The zero-order valence-electron chi connectivity index (χ0n) is 13.9. The summed E-state index contributed by atoms with van der Waals surface area (Å²) in [5.41, 5.74) is 3.38. The highest BCUT2D eigenvalue weighted by Gasteiger charge is 2.33. The number of imidazole rings is 1. The van der Waals surface area contributed by atoms with E-state index in [0.717, 1.165) is 18.4 Å². The molecule has 1 aliphatic heterocycles. The first-order valence-electron chi connectivity index (χ1n) is 8.61. The van der Waals surface area contributed by atoms with E-state index in [9.17, 15) is 9.59 Å². The van der Waals surface area contributed by atoms with Crippen LogP contribution in [0.1, 0.15) is 35.8 Å². The Bertz CT molecular complexity index is 830. The number of fused-ring (bicyclic) bond motifs is 1. The normalized spacial score (nSPS) is 17.5. The maximum Gasteiger partial charge on any atom is 0.251 e. The van der Waals surface area contributed by atoms with Crippen molar-refractivity contribution in [2.24, 2.45) is 0 Å². The molecule has 0 saturated carbocycles. The minimum Gasteiger partial charge on any atom is -0.337 e. The topological polar surface area (TPSA) is 60.1 Å². The monoisotopic (exact) mass is 326 g/mol. The summed E-state index contributed by atoms with van der Waals surface area (Å²) in [5.74, 6) is 0.00573. The van der Waals surface area contributed by atoms with Crippen LogP contribution in [0.5, 0.6) is 0 Å². The molecule has 1 aliphatic carbocycles. The Labute approximate surface area is 140 Å². The van der Waals surface area contributed by atoms with E-state index in [-0.39, 0.29) is 18.0 Å². The van der Waals surface area contributed by atoms with Crippen molar-refractivity contribution in [1.29, 1.82) is 0 Å². The second kappa shape index (κ2) is 5.92. The molecule has 2 aromatic heterocycles. The third kappa shape index (κ3) is 2.66. The van der Waals surface area contributed by atoms with Gasteiger partial charge in [-0.05, 0) is 44.2 Å². The molecule has 0 radical (unpaired) electrons. The molecule has 1 amide bonds. The van der Waals surface area contributed by atoms with Crippen molar-refractivity contribution in [2.45, 2.75) is 45.2 Å². The maximum absolute atomic E-state index is 12.4. The van der Waals surface area contributed by atoms with Gasteiger partial charge in [-0.15, -0.1) is 0 Å². The van der Waals surface area contributed by atoms with Crippen LogP contribution in [-0.4, -0.2) is 38.0 Å². The summed E-state index contributed by atoms with van der Waals surface area (Å²) in [7, 11) is 0. The number of carbonyl (C=O) groups is 1. The molecule has 0 bridgehead atoms. The molecule has 0 atom stereocenters. The number of aromatic nitrogens is 3. The van der Waals surface area contributed by atoms with Gasteiger partial charge in [0.15, 0.2) is 0 Å². The average Bonchev–Trinajstić information content (AvgIpc) is 2.93. The molecule has 6 nitrogen and oxygen atoms in total. The van der Waals surface area contributed by atoms with Crippen LogP contribution in [0.25, 0.3) is 0 Å². The number of hydrogen-bond donors (Lipinski definition) is 0. The third-order valence-electron chi connectivity index (χ3n) is 5.13. The molecule has 2 aromatic rings. The number of hydrogen-bond acceptors (Lipinski definition) is 3. The van der Waals surface area contributed by atoms with E-state index in [4.69, 9.17) is 0 Å². The van der Waals surface area contributed by atoms with Crippen molar-refractivity contribution in [1.82, 2.24) is 19.0 Å². The molecule has 6 heteroatoms. The van der Waals surface area contributed by atoms with Gasteiger partial charge < -0.3 is 14.0 Å². The van der Waals surface area contributed by atoms with Crippen molar-refractivity contribution < 1.29 is 4.79 Å². The van der Waals surface area contributed by atoms with E-state index in [1.54, 1.807) is 12.3 Å². The lowest BCUT2D eigenvalue weighted by Gasteiger charge is -2.41. The average molecular weight is 326 g/mol. The maximum atomic E-state index is 12.4. The van der Waals surface area contributed by atoms with Gasteiger partial charge in [0.2, 0.25) is 5.91 Å². The molecule has 0 aromatic carbocycles. The number of pyridine rings is 1. The minimum atomic E-state index is -0.121. The highest BCUT2D eigenvalue weighted by Crippen LogP contribution is 2.28. The molecule has 0 spiro atoms. The van der Waals surface area contributed by atoms with Crippen molar-refractivity contribution >= 4 is 5.91 Å². The smallest absolute Gasteiger partial charge is 0.251 e. The predicted molar refractivity (Wildman–Crippen MR) is 89.9 cm³/mol. The quantitative estimate of drug-likeness (QED) is 0.854. The Morgan fingerprint density at radius 2 is 2.08 bits per heavy atom. The molecule has 1 saturated heterocycles. The SMILES string of the molecule is Cc1ccn(CC(=O)N2CC(n3cnc4c3CCCC4)C2)c(=O)c1. The van der Waals surface area contributed by atoms with E-state index in [1.807, 2.05) is 24.2 Å². The summed E-state index contributed by atoms with van der Waals surface area (Å²) < 4.78 is 3.73. The Morgan fingerprint density at radius 1 is 1.29 bits per heavy atom. The lowest BCUT2D eigenvalue weighted by molar-refractivity contribution is -0.137. The molecule has 0 unspecified atom stereocenters. The highest BCUT2D eigenvalue weighted by molar-refractivity contribution is 5.77. The third-order valence-corrected chi connectivity index (χ3v) is 5.13. The van der Waals surface area contributed by atoms with E-state index in [1.165, 1.54) is 28.8 Å². The first-order chi connectivity index (χ1) is 11.6. The summed E-state index contributed by atoms with van der Waals surface area (Å²) in [6, 6.07) is 3.74. The van der Waals surface area contributed by atoms with Crippen LogP contribution in [-0.2, 0) is 24.2 Å². The summed E-state index contributed by atoms with van der Waals surface area (Å²) in [6.07, 6.45) is 8.26. The number of aryl methyl sites for hydroxylation is 2. The Kier molecular flexibility index (Phi) is 3.75. The number of amides is 1. The lowest BCUT2D eigenvalue weighted by atomic mass is 9.99. The van der Waals surface area contributed by atoms with E-state index >= 15 is 0 Å². The standard InChI is InChI=1S/C18H22N4O2/c1-13-6-7-20(17(23)8-13)11-18(24)21-9-14(10-21)22-12-19-15-4-2-3-5-16(15)22/h6-8,12,14H,2-5,9-11H2,1H3. The zero-order chi connectivity index (χ0) is 16.7. The van der Waals surface area contributed by atoms with Gasteiger partial charge in [-0.25, -0.2) is 4.98 Å². The summed E-state index contributed by atoms with van der Waals surface area (Å²) >= 11 is 0. The largest absolute Gasteiger partial charge is 0.337 e. The van der Waals surface area contributed by atoms with Gasteiger partial charge in [-0.3, -0.25) is 9.59 Å². The fraction of sp³-hybridized carbons (Fsp3) is 0.500. The van der Waals surface area contributed by atoms with E-state index in [2.05, 4.69) is 9.55 Å². The van der Waals surface area contributed by atoms with Crippen LogP contribution in [0, 0.1) is 6.92 Å². The number of likely N-dealkylation sites (tertiary alicyclic amines) is 1. The van der Waals surface area contributed by atoms with E-state index in [0.29, 0.717) is 19.1 Å². The van der Waals surface area contributed by atoms with Crippen molar-refractivity contribution in [3.05, 3.63) is 52.0 Å². The molecule has 3 heterocycles. The Hall–Kier alpha value is -2.37. The molecule has 126 valence electrons. The Balaban J connectivity index is 1.39. The van der Waals surface area contributed by atoms with Gasteiger partial charge in [0.05, 0.1) is 18.1 Å². The molecular formula is C18H22N4O2. The second-order valence-electron chi connectivity index (χ2n) is 6.88. The number of rotatable bonds is 3. The molecule has 2 aliphatic rings. The second-order valence-corrected chi connectivity index (χ2v) is 6.88. The van der Waals surface area contributed by atoms with Crippen molar-refractivity contribution in [3.63, 3.8) is 0 Å². The summed E-state index contributed by atoms with van der Waals surface area (Å²) in [4.78, 5) is 30.6. The van der Waals surface area contributed by atoms with Crippen LogP contribution < -0.4 is 5.56 Å². The van der Waals surface area contributed by atoms with Gasteiger partial charge in [0.25, 0.3) is 5.56 Å². The minimum absolute atomic E-state index is 0.00573. The van der Waals surface area contributed by atoms with Crippen LogP contribution in [0.4, 0.5) is 0 Å². The lowest BCUT2D eigenvalue weighted by Crippen LogP contribution is -2.52. The first kappa shape index (κ1) is 15.2. The summed E-state index contributed by atoms with van der Waals surface area (Å²) in [5, 5.41) is 0. The Morgan fingerprint density at radius 3 is 2.88 bits per heavy atom. The molecular weight excluding hydrogens is 304 g/mol. The van der Waals surface area contributed by atoms with Gasteiger partial charge >= 0.3 is 0 Å². The molecule has 4 rings (SSSR count). The van der Waals surface area contributed by atoms with Gasteiger partial charge in [0, 0.05) is 31.0 Å². The van der Waals surface area contributed by atoms with Gasteiger partial charge in [0.1, 0.15) is 6.54 Å². The van der Waals surface area contributed by atoms with Crippen LogP contribution >= 0.6 is 0 Å². The zero-order valence-corrected chi connectivity index (χ0v) is 13.9. The highest BCUT2D eigenvalue weighted by atomic mass is 16.2. The van der Waals surface area contributed by atoms with Gasteiger partial charge in [-0.1, -0.05) is 0 Å². The number of carbonyl (C=O) groups excluding carboxylic acids is 1. The van der Waals surface area contributed by atoms with Crippen LogP contribution in [0.3, 0.4) is 0 Å². The molecule has 0 N–H and O–H groups in total. The summed E-state index contributed by atoms with van der Waals surface area (Å²) in [6.45, 7) is 3.41. The van der Waals surface area contributed by atoms with Crippen molar-refractivity contribution in [2.75, 3.05) is 13.1 Å². The van der Waals surface area contributed by atoms with Crippen LogP contribution in [0.2, 0.25) is 0 Å². The first-order valence-corrected chi connectivity index (χ1v) is 8.61. The van der Waals surface area contributed by atoms with Crippen molar-refractivity contribution in [3.8, 4) is 0 Å². The van der Waals surface area contributed by atoms with E-state index < -0.39 is 0 Å². The van der Waals surface area contributed by atoms with Crippen LogP contribution in [0.15, 0.2) is 29.5 Å². The molecule has 1 fully saturated rings. The predicted octanol–water partition coefficient (Wildman–Crippen LogP) is 1.32.